The van der Waals surface area contributed by atoms with Gasteiger partial charge in [0.25, 0.3) is 0 Å². The van der Waals surface area contributed by atoms with E-state index in [2.05, 4.69) is 23.8 Å². The summed E-state index contributed by atoms with van der Waals surface area (Å²) in [6.45, 7) is 6.17. The second-order valence-electron chi connectivity index (χ2n) is 4.02. The molecule has 0 radical (unpaired) electrons. The van der Waals surface area contributed by atoms with E-state index in [1.807, 2.05) is 6.92 Å². The lowest BCUT2D eigenvalue weighted by molar-refractivity contribution is -0.115. The molecule has 2 aromatic rings. The van der Waals surface area contributed by atoms with E-state index in [1.165, 1.54) is 22.2 Å². The van der Waals surface area contributed by atoms with Gasteiger partial charge in [-0.1, -0.05) is 18.7 Å². The van der Waals surface area contributed by atoms with Gasteiger partial charge >= 0.3 is 0 Å². The Labute approximate surface area is 114 Å². The monoisotopic (exact) mass is 281 g/mol. The van der Waals surface area contributed by atoms with Crippen molar-refractivity contribution in [2.45, 2.75) is 32.2 Å². The molecule has 0 aliphatic carbocycles. The van der Waals surface area contributed by atoms with Gasteiger partial charge in [-0.3, -0.25) is 4.79 Å². The lowest BCUT2D eigenvalue weighted by atomic mass is 10.2. The van der Waals surface area contributed by atoms with Gasteiger partial charge in [0.15, 0.2) is 0 Å². The van der Waals surface area contributed by atoms with Crippen LogP contribution in [0.1, 0.15) is 23.2 Å². The summed E-state index contributed by atoms with van der Waals surface area (Å²) in [5.74, 6) is 0.744. The Morgan fingerprint density at radius 1 is 1.39 bits per heavy atom. The first-order valence-electron chi connectivity index (χ1n) is 5.70. The lowest BCUT2D eigenvalue weighted by Crippen LogP contribution is -2.13. The van der Waals surface area contributed by atoms with Crippen molar-refractivity contribution in [3.05, 3.63) is 16.3 Å². The molecule has 2 heterocycles. The first-order chi connectivity index (χ1) is 8.52. The number of nitrogens with two attached hydrogens (primary N) is 1. The van der Waals surface area contributed by atoms with Crippen LogP contribution >= 0.6 is 23.1 Å². The molecule has 0 aromatic carbocycles. The number of thiophene rings is 1. The van der Waals surface area contributed by atoms with Crippen molar-refractivity contribution >= 4 is 39.2 Å². The molecule has 2 N–H and O–H groups in total. The second kappa shape index (κ2) is 5.24. The van der Waals surface area contributed by atoms with Crippen LogP contribution in [0.15, 0.2) is 5.03 Å². The molecule has 6 heteroatoms. The Morgan fingerprint density at radius 3 is 2.72 bits per heavy atom. The van der Waals surface area contributed by atoms with Gasteiger partial charge in [-0.15, -0.1) is 11.3 Å². The van der Waals surface area contributed by atoms with E-state index in [0.29, 0.717) is 0 Å². The number of amides is 1. The number of aromatic nitrogens is 2. The van der Waals surface area contributed by atoms with Gasteiger partial charge in [0, 0.05) is 16.7 Å². The van der Waals surface area contributed by atoms with Crippen LogP contribution in [0.4, 0.5) is 0 Å². The fraction of sp³-hybridized carbons (Fsp3) is 0.417. The molecule has 0 spiro atoms. The predicted octanol–water partition coefficient (Wildman–Crippen LogP) is 2.45. The summed E-state index contributed by atoms with van der Waals surface area (Å²) in [5, 5.41) is 1.94. The number of hydrogen-bond donors (Lipinski definition) is 1. The molecule has 18 heavy (non-hydrogen) atoms. The number of carbonyl (C=O) groups excluding carboxylic acids is 1. The first kappa shape index (κ1) is 13.3. The van der Waals surface area contributed by atoms with Crippen molar-refractivity contribution in [1.29, 1.82) is 0 Å². The summed E-state index contributed by atoms with van der Waals surface area (Å²) in [5.41, 5.74) is 6.40. The molecule has 1 amide bonds. The van der Waals surface area contributed by atoms with Crippen LogP contribution in [0.25, 0.3) is 10.2 Å². The molecule has 0 fully saturated rings. The number of fused-ring (bicyclic) bond motifs is 1. The summed E-state index contributed by atoms with van der Waals surface area (Å²) >= 11 is 3.07. The molecule has 0 saturated heterocycles. The Balaban J connectivity index is 2.56. The van der Waals surface area contributed by atoms with Gasteiger partial charge in [0.1, 0.15) is 15.7 Å². The summed E-state index contributed by atoms with van der Waals surface area (Å²) < 4.78 is 0. The van der Waals surface area contributed by atoms with Crippen molar-refractivity contribution in [2.24, 2.45) is 5.73 Å². The van der Waals surface area contributed by atoms with Gasteiger partial charge in [-0.05, 0) is 19.4 Å². The molecule has 0 bridgehead atoms. The number of rotatable bonds is 4. The number of thioether (sulfide) groups is 1. The van der Waals surface area contributed by atoms with E-state index in [-0.39, 0.29) is 11.7 Å². The Morgan fingerprint density at radius 2 is 2.11 bits per heavy atom. The predicted molar refractivity (Wildman–Crippen MR) is 76.2 cm³/mol. The molecule has 0 unspecified atom stereocenters. The van der Waals surface area contributed by atoms with Crippen molar-refractivity contribution in [2.75, 3.05) is 5.75 Å². The summed E-state index contributed by atoms with van der Waals surface area (Å²) in [6.07, 6.45) is 0.788. The Kier molecular flexibility index (Phi) is 3.87. The zero-order chi connectivity index (χ0) is 13.3. The molecule has 4 nitrogen and oxygen atoms in total. The highest BCUT2D eigenvalue weighted by Crippen LogP contribution is 2.35. The van der Waals surface area contributed by atoms with E-state index in [0.717, 1.165) is 27.5 Å². The fourth-order valence-electron chi connectivity index (χ4n) is 1.66. The van der Waals surface area contributed by atoms with E-state index in [9.17, 15) is 4.79 Å². The van der Waals surface area contributed by atoms with Crippen LogP contribution < -0.4 is 5.73 Å². The van der Waals surface area contributed by atoms with Gasteiger partial charge in [0.05, 0.1) is 5.75 Å². The topological polar surface area (TPSA) is 68.9 Å². The van der Waals surface area contributed by atoms with Crippen LogP contribution in [0.2, 0.25) is 0 Å². The van der Waals surface area contributed by atoms with Crippen molar-refractivity contribution in [3.63, 3.8) is 0 Å². The zero-order valence-corrected chi connectivity index (χ0v) is 12.2. The van der Waals surface area contributed by atoms with Gasteiger partial charge < -0.3 is 5.73 Å². The highest BCUT2D eigenvalue weighted by Gasteiger charge is 2.14. The van der Waals surface area contributed by atoms with Crippen LogP contribution in [0, 0.1) is 13.8 Å². The third-order valence-corrected chi connectivity index (χ3v) is 4.81. The van der Waals surface area contributed by atoms with Crippen molar-refractivity contribution < 1.29 is 4.79 Å². The third-order valence-electron chi connectivity index (χ3n) is 2.71. The van der Waals surface area contributed by atoms with Crippen LogP contribution in [-0.2, 0) is 11.2 Å². The minimum atomic E-state index is -0.325. The lowest BCUT2D eigenvalue weighted by Gasteiger charge is -2.04. The zero-order valence-electron chi connectivity index (χ0n) is 10.6. The average Bonchev–Trinajstić information content (AvgIpc) is 2.62. The summed E-state index contributed by atoms with van der Waals surface area (Å²) in [7, 11) is 0. The van der Waals surface area contributed by atoms with Crippen LogP contribution in [-0.4, -0.2) is 21.6 Å². The highest BCUT2D eigenvalue weighted by molar-refractivity contribution is 8.00. The maximum absolute atomic E-state index is 10.9. The largest absolute Gasteiger partial charge is 0.369 e. The fourth-order valence-corrected chi connectivity index (χ4v) is 3.61. The average molecular weight is 281 g/mol. The maximum Gasteiger partial charge on any atom is 0.227 e. The standard InChI is InChI=1S/C12H15N3OS2/c1-4-9-14-11(17-5-8(13)16)10-6(2)7(3)18-12(10)15-9/h4-5H2,1-3H3,(H2,13,16). The second-order valence-corrected chi connectivity index (χ2v) is 6.18. The molecular weight excluding hydrogens is 266 g/mol. The van der Waals surface area contributed by atoms with E-state index in [1.54, 1.807) is 11.3 Å². The number of primary amides is 1. The minimum absolute atomic E-state index is 0.254. The van der Waals surface area contributed by atoms with Crippen molar-refractivity contribution in [1.82, 2.24) is 9.97 Å². The number of nitrogens with zero attached hydrogens (tertiary/aromatic N) is 2. The Hall–Kier alpha value is -1.14. The Bertz CT molecular complexity index is 607. The maximum atomic E-state index is 10.9. The SMILES string of the molecule is CCc1nc(SCC(N)=O)c2c(C)c(C)sc2n1. The first-order valence-corrected chi connectivity index (χ1v) is 7.50. The molecule has 2 rings (SSSR count). The normalized spacial score (nSPS) is 11.1. The molecule has 0 saturated carbocycles. The van der Waals surface area contributed by atoms with E-state index >= 15 is 0 Å². The third kappa shape index (κ3) is 2.49. The molecule has 0 atom stereocenters. The van der Waals surface area contributed by atoms with Gasteiger partial charge in [-0.25, -0.2) is 9.97 Å². The molecular formula is C12H15N3OS2. The number of aryl methyl sites for hydroxylation is 3. The smallest absolute Gasteiger partial charge is 0.227 e. The molecule has 2 aromatic heterocycles. The van der Waals surface area contributed by atoms with E-state index in [4.69, 9.17) is 5.73 Å². The van der Waals surface area contributed by atoms with Gasteiger partial charge in [0.2, 0.25) is 5.91 Å². The van der Waals surface area contributed by atoms with Gasteiger partial charge in [-0.2, -0.15) is 0 Å². The summed E-state index contributed by atoms with van der Waals surface area (Å²) in [4.78, 5) is 22.2. The number of hydrogen-bond acceptors (Lipinski definition) is 5. The molecule has 0 aliphatic heterocycles. The molecule has 0 aliphatic rings. The van der Waals surface area contributed by atoms with E-state index < -0.39 is 0 Å². The number of carbonyl (C=O) groups is 1. The summed E-state index contributed by atoms with van der Waals surface area (Å²) in [6, 6.07) is 0. The minimum Gasteiger partial charge on any atom is -0.369 e. The molecule has 96 valence electrons. The van der Waals surface area contributed by atoms with Crippen molar-refractivity contribution in [3.8, 4) is 0 Å². The van der Waals surface area contributed by atoms with Crippen LogP contribution in [0.3, 0.4) is 0 Å². The highest BCUT2D eigenvalue weighted by atomic mass is 32.2. The van der Waals surface area contributed by atoms with Crippen LogP contribution in [0.5, 0.6) is 0 Å². The quantitative estimate of drug-likeness (QED) is 0.690.